The molecular formula is C8H12F3NO3. The number of likely N-dealkylation sites (N-methyl/N-ethyl adjacent to an activating group) is 1. The maximum absolute atomic E-state index is 11.9. The first kappa shape index (κ1) is 12.3. The third-order valence-corrected chi connectivity index (χ3v) is 2.26. The summed E-state index contributed by atoms with van der Waals surface area (Å²) >= 11 is 0. The van der Waals surface area contributed by atoms with E-state index in [4.69, 9.17) is 4.74 Å². The number of amides is 1. The van der Waals surface area contributed by atoms with E-state index in [9.17, 15) is 23.1 Å². The van der Waals surface area contributed by atoms with Crippen molar-refractivity contribution in [2.75, 3.05) is 20.3 Å². The van der Waals surface area contributed by atoms with Gasteiger partial charge >= 0.3 is 6.18 Å². The Labute approximate surface area is 84.6 Å². The van der Waals surface area contributed by atoms with E-state index in [1.807, 2.05) is 0 Å². The van der Waals surface area contributed by atoms with Crippen LogP contribution >= 0.6 is 0 Å². The Morgan fingerprint density at radius 1 is 1.53 bits per heavy atom. The molecule has 0 aliphatic carbocycles. The second-order valence-electron chi connectivity index (χ2n) is 3.47. The summed E-state index contributed by atoms with van der Waals surface area (Å²) in [5.74, 6) is -1.06. The Hall–Kier alpha value is -0.820. The number of alkyl halides is 3. The molecule has 0 aromatic carbocycles. The van der Waals surface area contributed by atoms with Crippen molar-refractivity contribution in [1.82, 2.24) is 4.90 Å². The number of carbonyl (C=O) groups is 1. The molecule has 0 bridgehead atoms. The van der Waals surface area contributed by atoms with Crippen molar-refractivity contribution >= 4 is 5.91 Å². The Morgan fingerprint density at radius 3 is 2.53 bits per heavy atom. The molecule has 0 saturated carbocycles. The van der Waals surface area contributed by atoms with Crippen molar-refractivity contribution in [2.45, 2.75) is 24.7 Å². The molecule has 2 atom stereocenters. The van der Waals surface area contributed by atoms with Gasteiger partial charge in [0.2, 0.25) is 5.91 Å². The van der Waals surface area contributed by atoms with Gasteiger partial charge in [-0.2, -0.15) is 13.2 Å². The van der Waals surface area contributed by atoms with Crippen molar-refractivity contribution in [3.8, 4) is 0 Å². The molecule has 88 valence electrons. The summed E-state index contributed by atoms with van der Waals surface area (Å²) in [6, 6.07) is -0.681. The predicted molar refractivity (Wildman–Crippen MR) is 44.1 cm³/mol. The highest BCUT2D eigenvalue weighted by Gasteiger charge is 2.37. The first-order chi connectivity index (χ1) is 6.81. The average Bonchev–Trinajstić information content (AvgIpc) is 2.47. The summed E-state index contributed by atoms with van der Waals surface area (Å²) in [6.07, 6.45) is -6.94. The number of carbonyl (C=O) groups excluding carboxylic acids is 1. The topological polar surface area (TPSA) is 49.8 Å². The van der Waals surface area contributed by atoms with E-state index >= 15 is 0 Å². The van der Waals surface area contributed by atoms with E-state index in [1.165, 1.54) is 7.05 Å². The van der Waals surface area contributed by atoms with Crippen molar-refractivity contribution in [3.05, 3.63) is 0 Å². The third kappa shape index (κ3) is 3.35. The van der Waals surface area contributed by atoms with Gasteiger partial charge in [0, 0.05) is 7.05 Å². The summed E-state index contributed by atoms with van der Waals surface area (Å²) in [7, 11) is 1.23. The molecule has 0 radical (unpaired) electrons. The SMILES string of the molecule is CN(C(=O)CC(F)(F)F)[C@@H]1COC[C@H]1O. The lowest BCUT2D eigenvalue weighted by Crippen LogP contribution is -2.45. The van der Waals surface area contributed by atoms with E-state index < -0.39 is 30.7 Å². The van der Waals surface area contributed by atoms with Gasteiger partial charge in [0.25, 0.3) is 0 Å². The summed E-state index contributed by atoms with van der Waals surface area (Å²) in [4.78, 5) is 12.0. The fourth-order valence-corrected chi connectivity index (χ4v) is 1.38. The number of halogens is 3. The van der Waals surface area contributed by atoms with Crippen LogP contribution in [-0.2, 0) is 9.53 Å². The molecule has 1 saturated heterocycles. The van der Waals surface area contributed by atoms with Crippen molar-refractivity contribution < 1.29 is 27.8 Å². The molecular weight excluding hydrogens is 215 g/mol. The van der Waals surface area contributed by atoms with Gasteiger partial charge in [-0.25, -0.2) is 0 Å². The summed E-state index contributed by atoms with van der Waals surface area (Å²) in [6.45, 7) is 0.121. The number of hydrogen-bond acceptors (Lipinski definition) is 3. The summed E-state index contributed by atoms with van der Waals surface area (Å²) in [5, 5.41) is 9.31. The van der Waals surface area contributed by atoms with Crippen LogP contribution in [0.1, 0.15) is 6.42 Å². The Bertz CT molecular complexity index is 244. The number of ether oxygens (including phenoxy) is 1. The minimum absolute atomic E-state index is 0.0499. The number of rotatable bonds is 2. The molecule has 0 spiro atoms. The van der Waals surface area contributed by atoms with Crippen molar-refractivity contribution in [3.63, 3.8) is 0 Å². The average molecular weight is 227 g/mol. The van der Waals surface area contributed by atoms with Gasteiger partial charge < -0.3 is 14.7 Å². The van der Waals surface area contributed by atoms with Crippen LogP contribution in [0.15, 0.2) is 0 Å². The van der Waals surface area contributed by atoms with Crippen LogP contribution in [-0.4, -0.2) is 54.5 Å². The molecule has 7 heteroatoms. The van der Waals surface area contributed by atoms with Crippen LogP contribution < -0.4 is 0 Å². The van der Waals surface area contributed by atoms with E-state index in [1.54, 1.807) is 0 Å². The third-order valence-electron chi connectivity index (χ3n) is 2.26. The van der Waals surface area contributed by atoms with Crippen LogP contribution in [0, 0.1) is 0 Å². The minimum atomic E-state index is -4.52. The van der Waals surface area contributed by atoms with Gasteiger partial charge in [0.05, 0.1) is 25.4 Å². The van der Waals surface area contributed by atoms with Gasteiger partial charge in [-0.05, 0) is 0 Å². The zero-order chi connectivity index (χ0) is 11.6. The van der Waals surface area contributed by atoms with Crippen LogP contribution in [0.4, 0.5) is 13.2 Å². The minimum Gasteiger partial charge on any atom is -0.388 e. The number of aliphatic hydroxyl groups is 1. The largest absolute Gasteiger partial charge is 0.397 e. The standard InChI is InChI=1S/C8H12F3NO3/c1-12(5-3-15-4-6(5)13)7(14)2-8(9,10)11/h5-6,13H,2-4H2,1H3/t5-,6-/m1/s1. The van der Waals surface area contributed by atoms with Crippen LogP contribution in [0.25, 0.3) is 0 Å². The summed E-state index contributed by atoms with van der Waals surface area (Å²) < 4.78 is 40.6. The van der Waals surface area contributed by atoms with Gasteiger partial charge in [-0.3, -0.25) is 4.79 Å². The molecule has 1 amide bonds. The summed E-state index contributed by atoms with van der Waals surface area (Å²) in [5.41, 5.74) is 0. The zero-order valence-corrected chi connectivity index (χ0v) is 8.12. The lowest BCUT2D eigenvalue weighted by Gasteiger charge is -2.26. The van der Waals surface area contributed by atoms with Crippen LogP contribution in [0.3, 0.4) is 0 Å². The molecule has 1 aliphatic rings. The van der Waals surface area contributed by atoms with Gasteiger partial charge in [-0.1, -0.05) is 0 Å². The zero-order valence-electron chi connectivity index (χ0n) is 8.12. The molecule has 0 aromatic heterocycles. The molecule has 1 rings (SSSR count). The van der Waals surface area contributed by atoms with Crippen molar-refractivity contribution in [1.29, 1.82) is 0 Å². The maximum Gasteiger partial charge on any atom is 0.397 e. The van der Waals surface area contributed by atoms with E-state index in [0.717, 1.165) is 4.90 Å². The number of nitrogens with zero attached hydrogens (tertiary/aromatic N) is 1. The molecule has 0 aromatic rings. The molecule has 1 heterocycles. The Morgan fingerprint density at radius 2 is 2.13 bits per heavy atom. The fraction of sp³-hybridized carbons (Fsp3) is 0.875. The van der Waals surface area contributed by atoms with Gasteiger partial charge in [-0.15, -0.1) is 0 Å². The molecule has 1 aliphatic heterocycles. The number of hydrogen-bond donors (Lipinski definition) is 1. The van der Waals surface area contributed by atoms with Crippen LogP contribution in [0.2, 0.25) is 0 Å². The molecule has 1 fully saturated rings. The van der Waals surface area contributed by atoms with E-state index in [2.05, 4.69) is 0 Å². The second kappa shape index (κ2) is 4.36. The second-order valence-corrected chi connectivity index (χ2v) is 3.47. The first-order valence-electron chi connectivity index (χ1n) is 4.39. The maximum atomic E-state index is 11.9. The highest BCUT2D eigenvalue weighted by atomic mass is 19.4. The monoisotopic (exact) mass is 227 g/mol. The number of aliphatic hydroxyl groups excluding tert-OH is 1. The first-order valence-corrected chi connectivity index (χ1v) is 4.39. The molecule has 0 unspecified atom stereocenters. The van der Waals surface area contributed by atoms with Crippen LogP contribution in [0.5, 0.6) is 0 Å². The Balaban J connectivity index is 2.52. The van der Waals surface area contributed by atoms with Gasteiger partial charge in [0.15, 0.2) is 0 Å². The molecule has 4 nitrogen and oxygen atoms in total. The van der Waals surface area contributed by atoms with Crippen molar-refractivity contribution in [2.24, 2.45) is 0 Å². The van der Waals surface area contributed by atoms with Gasteiger partial charge in [0.1, 0.15) is 6.42 Å². The fourth-order valence-electron chi connectivity index (χ4n) is 1.38. The molecule has 15 heavy (non-hydrogen) atoms. The quantitative estimate of drug-likeness (QED) is 0.731. The van der Waals surface area contributed by atoms with E-state index in [0.29, 0.717) is 0 Å². The smallest absolute Gasteiger partial charge is 0.388 e. The normalized spacial score (nSPS) is 26.7. The predicted octanol–water partition coefficient (Wildman–Crippen LogP) is 0.157. The molecule has 1 N–H and O–H groups in total. The Kier molecular flexibility index (Phi) is 3.56. The highest BCUT2D eigenvalue weighted by molar-refractivity contribution is 5.77. The lowest BCUT2D eigenvalue weighted by atomic mass is 10.2. The highest BCUT2D eigenvalue weighted by Crippen LogP contribution is 2.22. The van der Waals surface area contributed by atoms with E-state index in [-0.39, 0.29) is 13.2 Å². The lowest BCUT2D eigenvalue weighted by molar-refractivity contribution is -0.162.